The van der Waals surface area contributed by atoms with E-state index in [4.69, 9.17) is 16.7 Å². The van der Waals surface area contributed by atoms with E-state index in [9.17, 15) is 9.18 Å². The molecular weight excluding hydrogens is 341 g/mol. The maximum Gasteiger partial charge on any atom is 0.335 e. The number of halogens is 2. The van der Waals surface area contributed by atoms with Gasteiger partial charge in [0.25, 0.3) is 0 Å². The summed E-state index contributed by atoms with van der Waals surface area (Å²) in [6, 6.07) is 19.2. The molecule has 0 aliphatic heterocycles. The van der Waals surface area contributed by atoms with Gasteiger partial charge in [0.05, 0.1) is 5.56 Å². The third-order valence-electron chi connectivity index (χ3n) is 3.77. The van der Waals surface area contributed by atoms with Gasteiger partial charge in [-0.3, -0.25) is 0 Å². The molecule has 3 nitrogen and oxygen atoms in total. The monoisotopic (exact) mass is 355 g/mol. The topological polar surface area (TPSA) is 49.3 Å². The van der Waals surface area contributed by atoms with Crippen molar-refractivity contribution in [1.82, 2.24) is 0 Å². The van der Waals surface area contributed by atoms with Crippen LogP contribution < -0.4 is 5.32 Å². The first-order valence-electron chi connectivity index (χ1n) is 7.64. The Kier molecular flexibility index (Phi) is 5.00. The number of carboxylic acid groups (broad SMARTS) is 1. The van der Waals surface area contributed by atoms with Gasteiger partial charge in [-0.2, -0.15) is 0 Å². The van der Waals surface area contributed by atoms with Gasteiger partial charge in [0.1, 0.15) is 5.82 Å². The van der Waals surface area contributed by atoms with E-state index in [2.05, 4.69) is 5.32 Å². The summed E-state index contributed by atoms with van der Waals surface area (Å²) in [4.78, 5) is 11.0. The van der Waals surface area contributed by atoms with Gasteiger partial charge in [-0.15, -0.1) is 0 Å². The van der Waals surface area contributed by atoms with E-state index in [1.165, 1.54) is 12.1 Å². The van der Waals surface area contributed by atoms with E-state index in [0.29, 0.717) is 17.3 Å². The zero-order valence-corrected chi connectivity index (χ0v) is 13.9. The first-order valence-corrected chi connectivity index (χ1v) is 8.02. The molecule has 0 spiro atoms. The molecule has 3 aromatic rings. The van der Waals surface area contributed by atoms with Gasteiger partial charge in [0.15, 0.2) is 0 Å². The SMILES string of the molecule is O=C(O)c1cc(F)cc(NCc2ccc(-c3ccc(Cl)cc3)cc2)c1. The first kappa shape index (κ1) is 17.0. The second kappa shape index (κ2) is 7.36. The largest absolute Gasteiger partial charge is 0.478 e. The van der Waals surface area contributed by atoms with Crippen LogP contribution >= 0.6 is 11.6 Å². The van der Waals surface area contributed by atoms with Crippen molar-refractivity contribution in [3.63, 3.8) is 0 Å². The van der Waals surface area contributed by atoms with Crippen LogP contribution in [0.3, 0.4) is 0 Å². The van der Waals surface area contributed by atoms with Gasteiger partial charge >= 0.3 is 5.97 Å². The van der Waals surface area contributed by atoms with Crippen LogP contribution in [-0.4, -0.2) is 11.1 Å². The summed E-state index contributed by atoms with van der Waals surface area (Å²) >= 11 is 5.89. The maximum absolute atomic E-state index is 13.5. The van der Waals surface area contributed by atoms with E-state index in [0.717, 1.165) is 22.8 Å². The molecule has 0 aliphatic rings. The number of hydrogen-bond donors (Lipinski definition) is 2. The molecule has 0 radical (unpaired) electrons. The van der Waals surface area contributed by atoms with Gasteiger partial charge in [-0.05, 0) is 47.0 Å². The quantitative estimate of drug-likeness (QED) is 0.639. The molecule has 0 aliphatic carbocycles. The highest BCUT2D eigenvalue weighted by Gasteiger charge is 2.07. The van der Waals surface area contributed by atoms with E-state index in [1.54, 1.807) is 0 Å². The summed E-state index contributed by atoms with van der Waals surface area (Å²) in [5, 5.41) is 12.7. The fraction of sp³-hybridized carbons (Fsp3) is 0.0500. The number of carbonyl (C=O) groups is 1. The van der Waals surface area contributed by atoms with Gasteiger partial charge in [0, 0.05) is 17.3 Å². The minimum absolute atomic E-state index is 0.0828. The lowest BCUT2D eigenvalue weighted by Crippen LogP contribution is -2.03. The Balaban J connectivity index is 1.70. The molecule has 0 unspecified atom stereocenters. The first-order chi connectivity index (χ1) is 12.0. The summed E-state index contributed by atoms with van der Waals surface area (Å²) in [5.41, 5.74) is 3.48. The Morgan fingerprint density at radius 3 is 2.16 bits per heavy atom. The Morgan fingerprint density at radius 2 is 1.56 bits per heavy atom. The second-order valence-corrected chi connectivity index (χ2v) is 6.03. The zero-order chi connectivity index (χ0) is 17.8. The summed E-state index contributed by atoms with van der Waals surface area (Å²) in [6.07, 6.45) is 0. The molecule has 0 aromatic heterocycles. The smallest absolute Gasteiger partial charge is 0.335 e. The molecule has 3 aromatic carbocycles. The van der Waals surface area contributed by atoms with Crippen LogP contribution in [0.15, 0.2) is 66.7 Å². The van der Waals surface area contributed by atoms with E-state index in [1.807, 2.05) is 48.5 Å². The van der Waals surface area contributed by atoms with E-state index in [-0.39, 0.29) is 5.56 Å². The van der Waals surface area contributed by atoms with Gasteiger partial charge in [-0.25, -0.2) is 9.18 Å². The zero-order valence-electron chi connectivity index (χ0n) is 13.2. The number of nitrogens with one attached hydrogen (secondary N) is 1. The average Bonchev–Trinajstić information content (AvgIpc) is 2.61. The molecular formula is C20H15ClFNO2. The Bertz CT molecular complexity index is 893. The summed E-state index contributed by atoms with van der Waals surface area (Å²) in [5.74, 6) is -1.74. The molecule has 0 amide bonds. The fourth-order valence-electron chi connectivity index (χ4n) is 2.48. The van der Waals surface area contributed by atoms with Crippen molar-refractivity contribution in [2.24, 2.45) is 0 Å². The normalized spacial score (nSPS) is 10.5. The standard InChI is InChI=1S/C20H15ClFNO2/c21-17-7-5-15(6-8-17)14-3-1-13(2-4-14)12-23-19-10-16(20(24)25)9-18(22)11-19/h1-11,23H,12H2,(H,24,25). The minimum atomic E-state index is -1.16. The molecule has 3 rings (SSSR count). The molecule has 0 saturated heterocycles. The minimum Gasteiger partial charge on any atom is -0.478 e. The Labute approximate surface area is 149 Å². The van der Waals surface area contributed by atoms with Crippen LogP contribution in [0.5, 0.6) is 0 Å². The Hall–Kier alpha value is -2.85. The van der Waals surface area contributed by atoms with Crippen LogP contribution in [0.2, 0.25) is 5.02 Å². The summed E-state index contributed by atoms with van der Waals surface area (Å²) in [6.45, 7) is 0.462. The predicted octanol–water partition coefficient (Wildman–Crippen LogP) is 5.46. The number of carboxylic acids is 1. The van der Waals surface area contributed by atoms with E-state index >= 15 is 0 Å². The number of hydrogen-bond acceptors (Lipinski definition) is 2. The highest BCUT2D eigenvalue weighted by atomic mass is 35.5. The average molecular weight is 356 g/mol. The van der Waals surface area contributed by atoms with Crippen molar-refractivity contribution in [2.75, 3.05) is 5.32 Å². The van der Waals surface area contributed by atoms with Crippen molar-refractivity contribution in [1.29, 1.82) is 0 Å². The molecule has 0 saturated carbocycles. The lowest BCUT2D eigenvalue weighted by atomic mass is 10.0. The highest BCUT2D eigenvalue weighted by molar-refractivity contribution is 6.30. The molecule has 126 valence electrons. The van der Waals surface area contributed by atoms with Gasteiger partial charge in [0.2, 0.25) is 0 Å². The van der Waals surface area contributed by atoms with Crippen LogP contribution in [0.1, 0.15) is 15.9 Å². The van der Waals surface area contributed by atoms with Crippen LogP contribution in [0.4, 0.5) is 10.1 Å². The summed E-state index contributed by atoms with van der Waals surface area (Å²) < 4.78 is 13.5. The van der Waals surface area contributed by atoms with Gasteiger partial charge < -0.3 is 10.4 Å². The van der Waals surface area contributed by atoms with Gasteiger partial charge in [-0.1, -0.05) is 48.0 Å². The third kappa shape index (κ3) is 4.37. The van der Waals surface area contributed by atoms with Crippen molar-refractivity contribution in [3.8, 4) is 11.1 Å². The summed E-state index contributed by atoms with van der Waals surface area (Å²) in [7, 11) is 0. The van der Waals surface area contributed by atoms with Crippen LogP contribution in [-0.2, 0) is 6.54 Å². The lowest BCUT2D eigenvalue weighted by molar-refractivity contribution is 0.0696. The van der Waals surface area contributed by atoms with Crippen LogP contribution in [0.25, 0.3) is 11.1 Å². The molecule has 0 fully saturated rings. The molecule has 0 heterocycles. The second-order valence-electron chi connectivity index (χ2n) is 5.59. The Morgan fingerprint density at radius 1 is 0.960 bits per heavy atom. The molecule has 25 heavy (non-hydrogen) atoms. The number of aromatic carboxylic acids is 1. The van der Waals surface area contributed by atoms with Crippen molar-refractivity contribution in [2.45, 2.75) is 6.54 Å². The number of rotatable bonds is 5. The molecule has 0 bridgehead atoms. The third-order valence-corrected chi connectivity index (χ3v) is 4.02. The lowest BCUT2D eigenvalue weighted by Gasteiger charge is -2.09. The van der Waals surface area contributed by atoms with Crippen molar-refractivity contribution >= 4 is 23.3 Å². The van der Waals surface area contributed by atoms with Crippen molar-refractivity contribution in [3.05, 3.63) is 88.7 Å². The molecule has 2 N–H and O–H groups in total. The van der Waals surface area contributed by atoms with Crippen LogP contribution in [0, 0.1) is 5.82 Å². The van der Waals surface area contributed by atoms with E-state index < -0.39 is 11.8 Å². The van der Waals surface area contributed by atoms with Crippen molar-refractivity contribution < 1.29 is 14.3 Å². The number of benzene rings is 3. The number of anilines is 1. The molecule has 5 heteroatoms. The fourth-order valence-corrected chi connectivity index (χ4v) is 2.60. The molecule has 0 atom stereocenters. The highest BCUT2D eigenvalue weighted by Crippen LogP contribution is 2.22. The maximum atomic E-state index is 13.5. The predicted molar refractivity (Wildman–Crippen MR) is 97.6 cm³/mol.